The minimum absolute atomic E-state index is 0.538. The Morgan fingerprint density at radius 2 is 2.07 bits per heavy atom. The first kappa shape index (κ1) is 12.1. The average Bonchev–Trinajstić information content (AvgIpc) is 2.21. The summed E-state index contributed by atoms with van der Waals surface area (Å²) >= 11 is 0. The number of hydrogen-bond donors (Lipinski definition) is 1. The second kappa shape index (κ2) is 6.53. The highest BCUT2D eigenvalue weighted by Crippen LogP contribution is 2.06. The molecule has 1 fully saturated rings. The Bertz CT molecular complexity index is 177. The first-order valence-electron chi connectivity index (χ1n) is 5.49. The van der Waals surface area contributed by atoms with Crippen molar-refractivity contribution in [3.05, 3.63) is 0 Å². The van der Waals surface area contributed by atoms with E-state index in [-0.39, 0.29) is 0 Å². The third-order valence-electron chi connectivity index (χ3n) is 2.84. The lowest BCUT2D eigenvalue weighted by Crippen LogP contribution is -2.38. The number of hydrogen-bond acceptors (Lipinski definition) is 3. The Kier molecular flexibility index (Phi) is 5.67. The van der Waals surface area contributed by atoms with E-state index in [0.29, 0.717) is 5.92 Å². The minimum Gasteiger partial charge on any atom is -0.330 e. The van der Waals surface area contributed by atoms with Crippen LogP contribution in [0.25, 0.3) is 0 Å². The topological polar surface area (TPSA) is 46.3 Å². The van der Waals surface area contributed by atoms with Gasteiger partial charge in [0.05, 0.1) is 0 Å². The molecule has 1 unspecified atom stereocenters. The molecule has 2 N–H and O–H groups in total. The van der Waals surface area contributed by atoms with Gasteiger partial charge in [-0.2, -0.15) is 0 Å². The molecule has 0 aromatic carbocycles. The van der Waals surface area contributed by atoms with E-state index in [2.05, 4.69) is 11.8 Å². The van der Waals surface area contributed by atoms with Gasteiger partial charge in [-0.3, -0.25) is 4.21 Å². The third-order valence-corrected chi connectivity index (χ3v) is 4.12. The van der Waals surface area contributed by atoms with E-state index in [1.54, 1.807) is 0 Å². The summed E-state index contributed by atoms with van der Waals surface area (Å²) in [7, 11) is -0.538. The predicted octanol–water partition coefficient (Wildman–Crippen LogP) is 0.426. The molecule has 1 heterocycles. The van der Waals surface area contributed by atoms with E-state index in [4.69, 9.17) is 5.73 Å². The Morgan fingerprint density at radius 3 is 2.64 bits per heavy atom. The summed E-state index contributed by atoms with van der Waals surface area (Å²) in [6.07, 6.45) is 2.45. The molecule has 1 aliphatic heterocycles. The van der Waals surface area contributed by atoms with Crippen molar-refractivity contribution in [2.24, 2.45) is 11.7 Å². The maximum atomic E-state index is 11.1. The summed E-state index contributed by atoms with van der Waals surface area (Å²) < 4.78 is 11.1. The van der Waals surface area contributed by atoms with Gasteiger partial charge in [0.25, 0.3) is 0 Å². The maximum Gasteiger partial charge on any atom is 0.0363 e. The van der Waals surface area contributed by atoms with Gasteiger partial charge in [-0.15, -0.1) is 0 Å². The fraction of sp³-hybridized carbons (Fsp3) is 1.00. The van der Waals surface area contributed by atoms with E-state index in [0.717, 1.165) is 37.7 Å². The minimum atomic E-state index is -0.538. The molecule has 0 aromatic heterocycles. The van der Waals surface area contributed by atoms with Crippen molar-refractivity contribution in [2.75, 3.05) is 37.7 Å². The van der Waals surface area contributed by atoms with Gasteiger partial charge in [0.1, 0.15) is 0 Å². The second-order valence-corrected chi connectivity index (χ2v) is 5.87. The van der Waals surface area contributed by atoms with Crippen molar-refractivity contribution in [3.8, 4) is 0 Å². The number of nitrogens with zero attached hydrogens (tertiary/aromatic N) is 1. The molecule has 0 aliphatic carbocycles. The first-order chi connectivity index (χ1) is 6.72. The zero-order chi connectivity index (χ0) is 10.4. The molecule has 84 valence electrons. The van der Waals surface area contributed by atoms with Crippen LogP contribution < -0.4 is 5.73 Å². The fourth-order valence-corrected chi connectivity index (χ4v) is 2.81. The molecular formula is C10H22N2OS. The van der Waals surface area contributed by atoms with Crippen molar-refractivity contribution in [3.63, 3.8) is 0 Å². The summed E-state index contributed by atoms with van der Waals surface area (Å²) in [4.78, 5) is 2.42. The number of rotatable bonds is 5. The molecule has 1 rings (SSSR count). The van der Waals surface area contributed by atoms with Crippen LogP contribution in [-0.4, -0.2) is 46.8 Å². The van der Waals surface area contributed by atoms with Crippen LogP contribution in [0.4, 0.5) is 0 Å². The van der Waals surface area contributed by atoms with Crippen LogP contribution in [-0.2, 0) is 10.8 Å². The van der Waals surface area contributed by atoms with E-state index in [1.807, 2.05) is 0 Å². The monoisotopic (exact) mass is 218 g/mol. The summed E-state index contributed by atoms with van der Waals surface area (Å²) in [6.45, 7) is 6.18. The molecule has 1 saturated heterocycles. The van der Waals surface area contributed by atoms with Crippen LogP contribution >= 0.6 is 0 Å². The summed E-state index contributed by atoms with van der Waals surface area (Å²) in [6, 6.07) is 0. The molecule has 0 aromatic rings. The zero-order valence-corrected chi connectivity index (χ0v) is 9.89. The Hall–Kier alpha value is 0.0700. The number of nitrogens with two attached hydrogens (primary N) is 1. The lowest BCUT2D eigenvalue weighted by atomic mass is 10.1. The van der Waals surface area contributed by atoms with Gasteiger partial charge in [0.2, 0.25) is 0 Å². The SMILES string of the molecule is CC(CN)CCCN1CCS(=O)CC1. The van der Waals surface area contributed by atoms with Crippen LogP contribution in [0.5, 0.6) is 0 Å². The molecule has 0 radical (unpaired) electrons. The molecule has 0 amide bonds. The van der Waals surface area contributed by atoms with Gasteiger partial charge < -0.3 is 10.6 Å². The molecule has 1 atom stereocenters. The quantitative estimate of drug-likeness (QED) is 0.728. The van der Waals surface area contributed by atoms with E-state index < -0.39 is 10.8 Å². The first-order valence-corrected chi connectivity index (χ1v) is 6.98. The van der Waals surface area contributed by atoms with E-state index in [1.165, 1.54) is 12.8 Å². The molecule has 0 bridgehead atoms. The van der Waals surface area contributed by atoms with Crippen LogP contribution in [0.3, 0.4) is 0 Å². The maximum absolute atomic E-state index is 11.1. The summed E-state index contributed by atoms with van der Waals surface area (Å²) in [5.74, 6) is 2.38. The smallest absolute Gasteiger partial charge is 0.0363 e. The molecule has 4 heteroatoms. The van der Waals surface area contributed by atoms with Crippen LogP contribution in [0, 0.1) is 5.92 Å². The Labute approximate surface area is 89.5 Å². The fourth-order valence-electron chi connectivity index (χ4n) is 1.68. The van der Waals surface area contributed by atoms with Gasteiger partial charge in [0, 0.05) is 35.4 Å². The highest BCUT2D eigenvalue weighted by atomic mass is 32.2. The highest BCUT2D eigenvalue weighted by Gasteiger charge is 2.14. The van der Waals surface area contributed by atoms with E-state index >= 15 is 0 Å². The largest absolute Gasteiger partial charge is 0.330 e. The van der Waals surface area contributed by atoms with Crippen molar-refractivity contribution < 1.29 is 4.21 Å². The molecule has 3 nitrogen and oxygen atoms in total. The second-order valence-electron chi connectivity index (χ2n) is 4.17. The molecule has 0 spiro atoms. The highest BCUT2D eigenvalue weighted by molar-refractivity contribution is 7.85. The van der Waals surface area contributed by atoms with E-state index in [9.17, 15) is 4.21 Å². The van der Waals surface area contributed by atoms with Crippen LogP contribution in [0.2, 0.25) is 0 Å². The third kappa shape index (κ3) is 4.53. The molecule has 1 aliphatic rings. The van der Waals surface area contributed by atoms with Gasteiger partial charge in [-0.05, 0) is 31.8 Å². The Balaban J connectivity index is 2.04. The lowest BCUT2D eigenvalue weighted by molar-refractivity contribution is 0.285. The normalized spacial score (nSPS) is 22.4. The van der Waals surface area contributed by atoms with Gasteiger partial charge >= 0.3 is 0 Å². The van der Waals surface area contributed by atoms with Crippen molar-refractivity contribution in [1.82, 2.24) is 4.90 Å². The van der Waals surface area contributed by atoms with Crippen LogP contribution in [0.15, 0.2) is 0 Å². The van der Waals surface area contributed by atoms with Gasteiger partial charge in [-0.25, -0.2) is 0 Å². The van der Waals surface area contributed by atoms with Crippen LogP contribution in [0.1, 0.15) is 19.8 Å². The zero-order valence-electron chi connectivity index (χ0n) is 9.08. The Morgan fingerprint density at radius 1 is 1.43 bits per heavy atom. The van der Waals surface area contributed by atoms with Crippen molar-refractivity contribution in [2.45, 2.75) is 19.8 Å². The average molecular weight is 218 g/mol. The standard InChI is InChI=1S/C10H22N2OS/c1-10(9-11)3-2-4-12-5-7-14(13)8-6-12/h10H,2-9,11H2,1H3. The van der Waals surface area contributed by atoms with Gasteiger partial charge in [-0.1, -0.05) is 6.92 Å². The molecular weight excluding hydrogens is 196 g/mol. The summed E-state index contributed by atoms with van der Waals surface area (Å²) in [5, 5.41) is 0. The lowest BCUT2D eigenvalue weighted by Gasteiger charge is -2.26. The van der Waals surface area contributed by atoms with Crippen molar-refractivity contribution in [1.29, 1.82) is 0 Å². The molecule has 0 saturated carbocycles. The molecule has 14 heavy (non-hydrogen) atoms. The van der Waals surface area contributed by atoms with Crippen molar-refractivity contribution >= 4 is 10.8 Å². The predicted molar refractivity (Wildman–Crippen MR) is 61.8 cm³/mol. The summed E-state index contributed by atoms with van der Waals surface area (Å²) in [5.41, 5.74) is 5.56. The van der Waals surface area contributed by atoms with Gasteiger partial charge in [0.15, 0.2) is 0 Å².